The molecule has 0 heterocycles. The summed E-state index contributed by atoms with van der Waals surface area (Å²) in [4.78, 5) is 21.6. The molecule has 0 unspecified atom stereocenters. The highest BCUT2D eigenvalue weighted by Gasteiger charge is 2.23. The van der Waals surface area contributed by atoms with Crippen LogP contribution in [0.1, 0.15) is 15.9 Å². The minimum atomic E-state index is -1.47. The fraction of sp³-hybridized carbons (Fsp3) is 0.0714. The highest BCUT2D eigenvalue weighted by atomic mass is 32.2. The Kier molecular flexibility index (Phi) is 4.23. The van der Waals surface area contributed by atoms with Crippen molar-refractivity contribution in [3.63, 3.8) is 0 Å². The van der Waals surface area contributed by atoms with Crippen LogP contribution in [0.15, 0.2) is 46.2 Å². The van der Waals surface area contributed by atoms with Crippen molar-refractivity contribution in [3.8, 4) is 0 Å². The van der Waals surface area contributed by atoms with Crippen LogP contribution in [0.25, 0.3) is 0 Å². The van der Waals surface area contributed by atoms with Gasteiger partial charge in [-0.05, 0) is 25.1 Å². The summed E-state index contributed by atoms with van der Waals surface area (Å²) in [7, 11) is 0. The van der Waals surface area contributed by atoms with Gasteiger partial charge in [-0.2, -0.15) is 0 Å². The fourth-order valence-corrected chi connectivity index (χ4v) is 2.54. The molecule has 0 amide bonds. The predicted molar refractivity (Wildman–Crippen MR) is 75.3 cm³/mol. The Hall–Kier alpha value is -2.41. The minimum absolute atomic E-state index is 0.0295. The van der Waals surface area contributed by atoms with E-state index < -0.39 is 28.0 Å². The smallest absolute Gasteiger partial charge is 0.342 e. The van der Waals surface area contributed by atoms with Gasteiger partial charge in [0.2, 0.25) is 0 Å². The van der Waals surface area contributed by atoms with Gasteiger partial charge in [-0.25, -0.2) is 9.18 Å². The zero-order chi connectivity index (χ0) is 15.6. The van der Waals surface area contributed by atoms with E-state index in [1.807, 2.05) is 19.1 Å². The quantitative estimate of drug-likeness (QED) is 0.684. The summed E-state index contributed by atoms with van der Waals surface area (Å²) in [6, 6.07) is 8.83. The number of aromatic carboxylic acids is 1. The maximum atomic E-state index is 13.9. The summed E-state index contributed by atoms with van der Waals surface area (Å²) in [5.41, 5.74) is -0.251. The zero-order valence-electron chi connectivity index (χ0n) is 10.9. The van der Waals surface area contributed by atoms with Gasteiger partial charge < -0.3 is 5.11 Å². The number of nitrogens with zero attached hydrogens (tertiary/aromatic N) is 1. The van der Waals surface area contributed by atoms with Crippen molar-refractivity contribution in [2.24, 2.45) is 0 Å². The summed E-state index contributed by atoms with van der Waals surface area (Å²) in [6.07, 6.45) is 0. The molecule has 0 aliphatic heterocycles. The van der Waals surface area contributed by atoms with E-state index >= 15 is 0 Å². The lowest BCUT2D eigenvalue weighted by Crippen LogP contribution is -2.04. The molecule has 0 saturated carbocycles. The van der Waals surface area contributed by atoms with Gasteiger partial charge in [0.1, 0.15) is 11.4 Å². The third-order valence-electron chi connectivity index (χ3n) is 2.73. The molecule has 108 valence electrons. The van der Waals surface area contributed by atoms with E-state index in [0.29, 0.717) is 11.0 Å². The summed E-state index contributed by atoms with van der Waals surface area (Å²) >= 11 is 1.01. The molecule has 5 nitrogen and oxygen atoms in total. The number of hydrogen-bond acceptors (Lipinski definition) is 4. The monoisotopic (exact) mass is 307 g/mol. The second-order valence-corrected chi connectivity index (χ2v) is 5.39. The van der Waals surface area contributed by atoms with E-state index in [-0.39, 0.29) is 4.90 Å². The molecule has 0 saturated heterocycles. The summed E-state index contributed by atoms with van der Waals surface area (Å²) in [5, 5.41) is 19.8. The number of nitro groups is 1. The van der Waals surface area contributed by atoms with Crippen LogP contribution < -0.4 is 0 Å². The first-order chi connectivity index (χ1) is 9.88. The second-order valence-electron chi connectivity index (χ2n) is 4.28. The molecule has 7 heteroatoms. The summed E-state index contributed by atoms with van der Waals surface area (Å²) in [5.74, 6) is -2.29. The lowest BCUT2D eigenvalue weighted by Gasteiger charge is -2.06. The van der Waals surface area contributed by atoms with Crippen molar-refractivity contribution in [1.82, 2.24) is 0 Å². The highest BCUT2D eigenvalue weighted by molar-refractivity contribution is 7.99. The maximum Gasteiger partial charge on any atom is 0.342 e. The third-order valence-corrected chi connectivity index (χ3v) is 3.77. The molecule has 0 bridgehead atoms. The molecule has 0 radical (unpaired) electrons. The second kappa shape index (κ2) is 5.92. The first-order valence-electron chi connectivity index (χ1n) is 5.84. The highest BCUT2D eigenvalue weighted by Crippen LogP contribution is 2.34. The van der Waals surface area contributed by atoms with Crippen molar-refractivity contribution in [2.45, 2.75) is 16.7 Å². The summed E-state index contributed by atoms with van der Waals surface area (Å²) in [6.45, 7) is 1.91. The molecule has 1 N–H and O–H groups in total. The largest absolute Gasteiger partial charge is 0.477 e. The first kappa shape index (κ1) is 15.0. The van der Waals surface area contributed by atoms with Crippen molar-refractivity contribution in [1.29, 1.82) is 0 Å². The number of rotatable bonds is 4. The van der Waals surface area contributed by atoms with E-state index in [1.165, 1.54) is 0 Å². The van der Waals surface area contributed by atoms with Gasteiger partial charge >= 0.3 is 5.97 Å². The van der Waals surface area contributed by atoms with Crippen LogP contribution in [0.4, 0.5) is 10.1 Å². The van der Waals surface area contributed by atoms with Crippen LogP contribution in [0, 0.1) is 22.9 Å². The molecule has 21 heavy (non-hydrogen) atoms. The average Bonchev–Trinajstić information content (AvgIpc) is 2.42. The molecule has 0 spiro atoms. The first-order valence-corrected chi connectivity index (χ1v) is 6.66. The van der Waals surface area contributed by atoms with Gasteiger partial charge in [0.15, 0.2) is 0 Å². The molecular formula is C14H10FNO4S. The lowest BCUT2D eigenvalue weighted by molar-refractivity contribution is -0.385. The molecule has 0 fully saturated rings. The lowest BCUT2D eigenvalue weighted by atomic mass is 10.2. The Labute approximate surface area is 123 Å². The van der Waals surface area contributed by atoms with Gasteiger partial charge in [0.25, 0.3) is 5.69 Å². The number of nitro benzene ring substituents is 1. The van der Waals surface area contributed by atoms with E-state index in [1.54, 1.807) is 12.1 Å². The Morgan fingerprint density at radius 2 is 1.90 bits per heavy atom. The van der Waals surface area contributed by atoms with Gasteiger partial charge in [-0.15, -0.1) is 0 Å². The van der Waals surface area contributed by atoms with Crippen LogP contribution in [0.3, 0.4) is 0 Å². The van der Waals surface area contributed by atoms with Gasteiger partial charge in [-0.1, -0.05) is 29.5 Å². The van der Waals surface area contributed by atoms with Gasteiger partial charge in [-0.3, -0.25) is 10.1 Å². The molecule has 0 aliphatic rings. The van der Waals surface area contributed by atoms with Gasteiger partial charge in [0.05, 0.1) is 11.0 Å². The Balaban J connectivity index is 2.44. The molecule has 0 aromatic heterocycles. The van der Waals surface area contributed by atoms with Crippen LogP contribution in [-0.2, 0) is 0 Å². The molecule has 2 aromatic rings. The minimum Gasteiger partial charge on any atom is -0.477 e. The topological polar surface area (TPSA) is 80.4 Å². The van der Waals surface area contributed by atoms with Gasteiger partial charge in [0, 0.05) is 9.79 Å². The van der Waals surface area contributed by atoms with Crippen LogP contribution in [-0.4, -0.2) is 16.0 Å². The van der Waals surface area contributed by atoms with E-state index in [9.17, 15) is 19.3 Å². The third kappa shape index (κ3) is 3.38. The van der Waals surface area contributed by atoms with E-state index in [4.69, 9.17) is 5.11 Å². The standard InChI is InChI=1S/C14H10FNO4S/c1-8-2-4-9(5-3-8)21-13-6-10(14(17)18)12(16(19)20)7-11(13)15/h2-7H,1H3,(H,17,18). The number of hydrogen-bond donors (Lipinski definition) is 1. The molecular weight excluding hydrogens is 297 g/mol. The number of benzene rings is 2. The number of carboxylic acid groups (broad SMARTS) is 1. The molecule has 0 aliphatic carbocycles. The molecule has 2 rings (SSSR count). The predicted octanol–water partition coefficient (Wildman–Crippen LogP) is 3.89. The van der Waals surface area contributed by atoms with Crippen molar-refractivity contribution in [3.05, 3.63) is 63.5 Å². The average molecular weight is 307 g/mol. The maximum absolute atomic E-state index is 13.9. The Bertz CT molecular complexity index is 716. The Morgan fingerprint density at radius 1 is 1.29 bits per heavy atom. The van der Waals surface area contributed by atoms with Crippen molar-refractivity contribution >= 4 is 23.4 Å². The number of halogens is 1. The van der Waals surface area contributed by atoms with Crippen molar-refractivity contribution in [2.75, 3.05) is 0 Å². The van der Waals surface area contributed by atoms with Crippen LogP contribution in [0.2, 0.25) is 0 Å². The van der Waals surface area contributed by atoms with Crippen molar-refractivity contribution < 1.29 is 19.2 Å². The molecule has 2 aromatic carbocycles. The SMILES string of the molecule is Cc1ccc(Sc2cc(C(=O)O)c([N+](=O)[O-])cc2F)cc1. The van der Waals surface area contributed by atoms with Crippen LogP contribution >= 0.6 is 11.8 Å². The molecule has 0 atom stereocenters. The Morgan fingerprint density at radius 3 is 2.43 bits per heavy atom. The summed E-state index contributed by atoms with van der Waals surface area (Å²) < 4.78 is 13.9. The zero-order valence-corrected chi connectivity index (χ0v) is 11.7. The number of aryl methyl sites for hydroxylation is 1. The normalized spacial score (nSPS) is 10.4. The number of carboxylic acids is 1. The van der Waals surface area contributed by atoms with Crippen LogP contribution in [0.5, 0.6) is 0 Å². The fourth-order valence-electron chi connectivity index (χ4n) is 1.68. The van der Waals surface area contributed by atoms with E-state index in [0.717, 1.165) is 23.4 Å². The van der Waals surface area contributed by atoms with E-state index in [2.05, 4.69) is 0 Å². The number of carbonyl (C=O) groups is 1.